The summed E-state index contributed by atoms with van der Waals surface area (Å²) in [6.07, 6.45) is 1.42. The topological polar surface area (TPSA) is 43.4 Å². The Morgan fingerprint density at radius 3 is 2.78 bits per heavy atom. The van der Waals surface area contributed by atoms with Crippen LogP contribution in [0.25, 0.3) is 0 Å². The molecule has 0 aromatic heterocycles. The third-order valence-corrected chi connectivity index (χ3v) is 2.58. The highest BCUT2D eigenvalue weighted by Gasteiger charge is 2.16. The molecular formula is C14H15FO3. The van der Waals surface area contributed by atoms with Crippen molar-refractivity contribution < 1.29 is 18.7 Å². The molecule has 1 rings (SSSR count). The molecule has 0 heterocycles. The van der Waals surface area contributed by atoms with Crippen molar-refractivity contribution in [2.24, 2.45) is 0 Å². The molecule has 1 atom stereocenters. The van der Waals surface area contributed by atoms with Gasteiger partial charge < -0.3 is 4.74 Å². The van der Waals surface area contributed by atoms with E-state index in [0.29, 0.717) is 5.56 Å². The van der Waals surface area contributed by atoms with E-state index in [4.69, 9.17) is 0 Å². The second-order valence-electron chi connectivity index (χ2n) is 3.89. The molecular weight excluding hydrogens is 235 g/mol. The Bertz CT molecular complexity index is 454. The molecule has 4 heteroatoms. The zero-order chi connectivity index (χ0) is 13.5. The number of rotatable bonds is 6. The third kappa shape index (κ3) is 4.13. The first-order chi connectivity index (χ1) is 8.56. The molecule has 0 spiro atoms. The van der Waals surface area contributed by atoms with Gasteiger partial charge in [0.05, 0.1) is 7.11 Å². The van der Waals surface area contributed by atoms with Crippen molar-refractivity contribution in [3.05, 3.63) is 48.3 Å². The van der Waals surface area contributed by atoms with Crippen molar-refractivity contribution >= 4 is 11.8 Å². The molecule has 0 unspecified atom stereocenters. The lowest BCUT2D eigenvalue weighted by Crippen LogP contribution is -2.12. The van der Waals surface area contributed by atoms with Gasteiger partial charge in [-0.3, -0.25) is 9.59 Å². The van der Waals surface area contributed by atoms with E-state index in [1.165, 1.54) is 19.2 Å². The van der Waals surface area contributed by atoms with Gasteiger partial charge in [-0.15, -0.1) is 6.58 Å². The normalized spacial score (nSPS) is 11.7. The summed E-state index contributed by atoms with van der Waals surface area (Å²) < 4.78 is 17.5. The monoisotopic (exact) mass is 250 g/mol. The average molecular weight is 250 g/mol. The maximum atomic E-state index is 13.1. The number of carbonyl (C=O) groups is 2. The molecule has 0 saturated carbocycles. The van der Waals surface area contributed by atoms with Gasteiger partial charge in [0.2, 0.25) is 0 Å². The van der Waals surface area contributed by atoms with Gasteiger partial charge in [0.25, 0.3) is 0 Å². The molecule has 0 aliphatic heterocycles. The van der Waals surface area contributed by atoms with Gasteiger partial charge in [-0.25, -0.2) is 4.39 Å². The molecule has 0 bridgehead atoms. The van der Waals surface area contributed by atoms with Crippen LogP contribution in [0, 0.1) is 5.82 Å². The van der Waals surface area contributed by atoms with Crippen molar-refractivity contribution in [2.45, 2.75) is 18.8 Å². The van der Waals surface area contributed by atoms with Crippen LogP contribution in [0.5, 0.6) is 0 Å². The van der Waals surface area contributed by atoms with E-state index < -0.39 is 5.97 Å². The summed E-state index contributed by atoms with van der Waals surface area (Å²) in [5, 5.41) is 0. The van der Waals surface area contributed by atoms with Gasteiger partial charge >= 0.3 is 5.97 Å². The third-order valence-electron chi connectivity index (χ3n) is 2.58. The van der Waals surface area contributed by atoms with Crippen LogP contribution in [-0.4, -0.2) is 18.9 Å². The molecule has 0 amide bonds. The molecule has 0 radical (unpaired) electrons. The number of carbonyl (C=O) groups excluding carboxylic acids is 2. The van der Waals surface area contributed by atoms with E-state index in [-0.39, 0.29) is 30.4 Å². The van der Waals surface area contributed by atoms with Crippen LogP contribution in [0.3, 0.4) is 0 Å². The molecule has 0 saturated heterocycles. The first-order valence-electron chi connectivity index (χ1n) is 5.53. The first-order valence-corrected chi connectivity index (χ1v) is 5.53. The van der Waals surface area contributed by atoms with Crippen molar-refractivity contribution in [2.75, 3.05) is 7.11 Å². The van der Waals surface area contributed by atoms with Crippen LogP contribution in [0.2, 0.25) is 0 Å². The van der Waals surface area contributed by atoms with E-state index in [9.17, 15) is 14.0 Å². The number of esters is 1. The van der Waals surface area contributed by atoms with Gasteiger partial charge in [-0.05, 0) is 17.7 Å². The lowest BCUT2D eigenvalue weighted by molar-refractivity contribution is -0.143. The van der Waals surface area contributed by atoms with E-state index in [1.54, 1.807) is 18.2 Å². The van der Waals surface area contributed by atoms with E-state index >= 15 is 0 Å². The minimum atomic E-state index is -0.568. The molecule has 18 heavy (non-hydrogen) atoms. The van der Waals surface area contributed by atoms with Crippen LogP contribution in [0.1, 0.15) is 24.3 Å². The first kappa shape index (κ1) is 14.1. The SMILES string of the molecule is C=C[C@H](CC(=O)CC(=O)OC)c1cccc(F)c1. The van der Waals surface area contributed by atoms with Gasteiger partial charge in [0.1, 0.15) is 18.0 Å². The lowest BCUT2D eigenvalue weighted by atomic mass is 9.93. The maximum Gasteiger partial charge on any atom is 0.313 e. The van der Waals surface area contributed by atoms with Crippen molar-refractivity contribution in [3.8, 4) is 0 Å². The van der Waals surface area contributed by atoms with Crippen molar-refractivity contribution in [1.29, 1.82) is 0 Å². The van der Waals surface area contributed by atoms with Crippen molar-refractivity contribution in [1.82, 2.24) is 0 Å². The van der Waals surface area contributed by atoms with E-state index in [2.05, 4.69) is 11.3 Å². The number of methoxy groups -OCH3 is 1. The largest absolute Gasteiger partial charge is 0.469 e. The lowest BCUT2D eigenvalue weighted by Gasteiger charge is -2.11. The number of ether oxygens (including phenoxy) is 1. The van der Waals surface area contributed by atoms with Crippen LogP contribution in [0.4, 0.5) is 4.39 Å². The van der Waals surface area contributed by atoms with Gasteiger partial charge in [0, 0.05) is 12.3 Å². The van der Waals surface area contributed by atoms with Gasteiger partial charge in [-0.1, -0.05) is 18.2 Å². The smallest absolute Gasteiger partial charge is 0.313 e. The Labute approximate surface area is 105 Å². The Hall–Kier alpha value is -1.97. The number of halogens is 1. The summed E-state index contributed by atoms with van der Waals surface area (Å²) in [6.45, 7) is 3.63. The predicted molar refractivity (Wildman–Crippen MR) is 65.6 cm³/mol. The number of Topliss-reactive ketones (excluding diaryl/α,β-unsaturated/α-hetero) is 1. The Morgan fingerprint density at radius 2 is 2.22 bits per heavy atom. The Balaban J connectivity index is 2.70. The molecule has 0 fully saturated rings. The summed E-state index contributed by atoms with van der Waals surface area (Å²) in [6, 6.07) is 5.99. The summed E-state index contributed by atoms with van der Waals surface area (Å²) in [5.41, 5.74) is 0.670. The fourth-order valence-corrected chi connectivity index (χ4v) is 1.63. The fourth-order valence-electron chi connectivity index (χ4n) is 1.63. The zero-order valence-electron chi connectivity index (χ0n) is 10.2. The second kappa shape index (κ2) is 6.69. The summed E-state index contributed by atoms with van der Waals surface area (Å²) in [4.78, 5) is 22.6. The molecule has 0 aliphatic carbocycles. The summed E-state index contributed by atoms with van der Waals surface area (Å²) >= 11 is 0. The standard InChI is InChI=1S/C14H15FO3/c1-3-10(8-13(16)9-14(17)18-2)11-5-4-6-12(15)7-11/h3-7,10H,1,8-9H2,2H3/t10-/m1/s1. The molecule has 0 N–H and O–H groups in total. The molecule has 1 aromatic rings. The van der Waals surface area contributed by atoms with Crippen LogP contribution in [-0.2, 0) is 14.3 Å². The minimum absolute atomic E-state index is 0.113. The Kier molecular flexibility index (Phi) is 5.24. The van der Waals surface area contributed by atoms with Crippen LogP contribution >= 0.6 is 0 Å². The Morgan fingerprint density at radius 1 is 1.50 bits per heavy atom. The number of hydrogen-bond acceptors (Lipinski definition) is 3. The van der Waals surface area contributed by atoms with Crippen LogP contribution in [0.15, 0.2) is 36.9 Å². The van der Waals surface area contributed by atoms with Crippen molar-refractivity contribution in [3.63, 3.8) is 0 Å². The average Bonchev–Trinajstić information content (AvgIpc) is 2.35. The number of benzene rings is 1. The molecule has 3 nitrogen and oxygen atoms in total. The zero-order valence-corrected chi connectivity index (χ0v) is 10.2. The fraction of sp³-hybridized carbons (Fsp3) is 0.286. The highest BCUT2D eigenvalue weighted by Crippen LogP contribution is 2.22. The highest BCUT2D eigenvalue weighted by molar-refractivity contribution is 5.95. The van der Waals surface area contributed by atoms with Gasteiger partial charge in [0.15, 0.2) is 0 Å². The number of allylic oxidation sites excluding steroid dienone is 1. The number of ketones is 1. The van der Waals surface area contributed by atoms with Crippen LogP contribution < -0.4 is 0 Å². The summed E-state index contributed by atoms with van der Waals surface area (Å²) in [5.74, 6) is -1.48. The molecule has 0 aliphatic rings. The quantitative estimate of drug-likeness (QED) is 0.443. The summed E-state index contributed by atoms with van der Waals surface area (Å²) in [7, 11) is 1.23. The predicted octanol–water partition coefficient (Wildman–Crippen LogP) is 2.62. The molecule has 1 aromatic carbocycles. The van der Waals surface area contributed by atoms with Gasteiger partial charge in [-0.2, -0.15) is 0 Å². The maximum absolute atomic E-state index is 13.1. The van der Waals surface area contributed by atoms with E-state index in [0.717, 1.165) is 0 Å². The second-order valence-corrected chi connectivity index (χ2v) is 3.89. The molecule has 96 valence electrons. The minimum Gasteiger partial charge on any atom is -0.469 e. The van der Waals surface area contributed by atoms with E-state index in [1.807, 2.05) is 0 Å². The highest BCUT2D eigenvalue weighted by atomic mass is 19.1. The number of hydrogen-bond donors (Lipinski definition) is 0.